The fourth-order valence-corrected chi connectivity index (χ4v) is 5.11. The monoisotopic (exact) mass is 301 g/mol. The first-order chi connectivity index (χ1) is 10.7. The number of carbonyl (C=O) groups is 2. The number of ether oxygens (including phenoxy) is 1. The summed E-state index contributed by atoms with van der Waals surface area (Å²) < 4.78 is 8.01. The van der Waals surface area contributed by atoms with E-state index in [-0.39, 0.29) is 23.9 Å². The highest BCUT2D eigenvalue weighted by Crippen LogP contribution is 2.54. The number of rotatable bonds is 2. The van der Waals surface area contributed by atoms with Crippen molar-refractivity contribution in [1.29, 1.82) is 0 Å². The summed E-state index contributed by atoms with van der Waals surface area (Å²) in [7, 11) is 0. The largest absolute Gasteiger partial charge is 0.461 e. The van der Waals surface area contributed by atoms with Crippen molar-refractivity contribution in [2.45, 2.75) is 64.0 Å². The van der Waals surface area contributed by atoms with Gasteiger partial charge in [0.2, 0.25) is 0 Å². The van der Waals surface area contributed by atoms with Crippen LogP contribution in [-0.2, 0) is 16.1 Å². The molecule has 0 amide bonds. The van der Waals surface area contributed by atoms with Crippen LogP contribution in [0.1, 0.15) is 73.1 Å². The molecule has 1 aromatic heterocycles. The summed E-state index contributed by atoms with van der Waals surface area (Å²) in [6, 6.07) is 2.03. The van der Waals surface area contributed by atoms with Gasteiger partial charge in [-0.05, 0) is 30.9 Å². The summed E-state index contributed by atoms with van der Waals surface area (Å²) in [5.41, 5.74) is 3.32. The van der Waals surface area contributed by atoms with Crippen molar-refractivity contribution in [3.8, 4) is 0 Å². The van der Waals surface area contributed by atoms with Crippen molar-refractivity contribution in [3.63, 3.8) is 0 Å². The third-order valence-corrected chi connectivity index (χ3v) is 6.11. The second kappa shape index (κ2) is 4.97. The predicted molar refractivity (Wildman–Crippen MR) is 82.0 cm³/mol. The molecule has 0 bridgehead atoms. The van der Waals surface area contributed by atoms with Gasteiger partial charge in [0.1, 0.15) is 6.10 Å². The maximum Gasteiger partial charge on any atom is 0.309 e. The summed E-state index contributed by atoms with van der Waals surface area (Å²) in [5, 5.41) is 0. The Kier molecular flexibility index (Phi) is 3.17. The van der Waals surface area contributed by atoms with Gasteiger partial charge in [-0.3, -0.25) is 9.59 Å². The molecule has 0 aromatic carbocycles. The van der Waals surface area contributed by atoms with E-state index in [0.29, 0.717) is 11.8 Å². The molecule has 1 fully saturated rings. The minimum Gasteiger partial charge on any atom is -0.461 e. The molecule has 0 N–H and O–H groups in total. The lowest BCUT2D eigenvalue weighted by Crippen LogP contribution is -2.36. The number of carbonyl (C=O) groups excluding carboxylic acids is 2. The van der Waals surface area contributed by atoms with Gasteiger partial charge in [-0.2, -0.15) is 0 Å². The van der Waals surface area contributed by atoms with Crippen LogP contribution in [0, 0.1) is 11.8 Å². The predicted octanol–water partition coefficient (Wildman–Crippen LogP) is 3.25. The first-order valence-electron chi connectivity index (χ1n) is 8.56. The number of esters is 1. The molecule has 0 saturated carbocycles. The lowest BCUT2D eigenvalue weighted by molar-refractivity contribution is -0.146. The number of aromatic nitrogens is 1. The van der Waals surface area contributed by atoms with Gasteiger partial charge in [0, 0.05) is 30.0 Å². The minimum absolute atomic E-state index is 0.00143. The molecule has 2 aliphatic heterocycles. The molecule has 1 aromatic rings. The van der Waals surface area contributed by atoms with E-state index in [1.165, 1.54) is 17.7 Å². The molecular formula is C18H23NO3. The Morgan fingerprint density at radius 3 is 2.95 bits per heavy atom. The molecule has 22 heavy (non-hydrogen) atoms. The van der Waals surface area contributed by atoms with E-state index in [1.807, 2.05) is 13.0 Å². The topological polar surface area (TPSA) is 48.3 Å². The summed E-state index contributed by atoms with van der Waals surface area (Å²) in [4.78, 5) is 23.7. The van der Waals surface area contributed by atoms with Gasteiger partial charge in [-0.15, -0.1) is 0 Å². The van der Waals surface area contributed by atoms with Crippen molar-refractivity contribution in [3.05, 3.63) is 23.0 Å². The van der Waals surface area contributed by atoms with Crippen molar-refractivity contribution < 1.29 is 14.3 Å². The molecular weight excluding hydrogens is 278 g/mol. The van der Waals surface area contributed by atoms with Crippen molar-refractivity contribution in [2.24, 2.45) is 11.8 Å². The molecule has 4 nitrogen and oxygen atoms in total. The molecule has 5 atom stereocenters. The summed E-state index contributed by atoms with van der Waals surface area (Å²) in [6.45, 7) is 5.10. The highest BCUT2D eigenvalue weighted by Gasteiger charge is 2.53. The highest BCUT2D eigenvalue weighted by atomic mass is 16.6. The Labute approximate surface area is 130 Å². The van der Waals surface area contributed by atoms with Gasteiger partial charge in [0.05, 0.1) is 11.6 Å². The Hall–Kier alpha value is -1.58. The molecule has 3 heterocycles. The maximum atomic E-state index is 12.2. The van der Waals surface area contributed by atoms with Crippen LogP contribution in [0.25, 0.3) is 0 Å². The van der Waals surface area contributed by atoms with Crippen LogP contribution in [0.2, 0.25) is 0 Å². The standard InChI is InChI=1S/C18H23NO3/c1-3-12-13-6-4-5-7-19-11(9-20)8-14(16(13)19)15-10(2)18(21)22-17(12)15/h8-10,12-13,15,17H,3-7H2,1-2H3/t10-,12-,13-,15-,17+/m1/s1. The molecule has 1 saturated heterocycles. The van der Waals surface area contributed by atoms with Crippen LogP contribution < -0.4 is 0 Å². The van der Waals surface area contributed by atoms with Crippen molar-refractivity contribution in [2.75, 3.05) is 0 Å². The van der Waals surface area contributed by atoms with E-state index in [1.54, 1.807) is 0 Å². The first kappa shape index (κ1) is 14.0. The zero-order valence-corrected chi connectivity index (χ0v) is 13.2. The Balaban J connectivity index is 1.94. The lowest BCUT2D eigenvalue weighted by Gasteiger charge is -2.39. The summed E-state index contributed by atoms with van der Waals surface area (Å²) in [6.07, 6.45) is 5.44. The molecule has 0 unspecified atom stereocenters. The Morgan fingerprint density at radius 2 is 2.23 bits per heavy atom. The fraction of sp³-hybridized carbons (Fsp3) is 0.667. The molecule has 1 aliphatic carbocycles. The quantitative estimate of drug-likeness (QED) is 0.622. The highest BCUT2D eigenvalue weighted by molar-refractivity contribution is 5.78. The van der Waals surface area contributed by atoms with Gasteiger partial charge in [0.15, 0.2) is 6.29 Å². The van der Waals surface area contributed by atoms with Crippen molar-refractivity contribution >= 4 is 12.3 Å². The first-order valence-corrected chi connectivity index (χ1v) is 8.56. The third-order valence-electron chi connectivity index (χ3n) is 6.11. The number of hydrogen-bond acceptors (Lipinski definition) is 3. The Morgan fingerprint density at radius 1 is 1.41 bits per heavy atom. The molecule has 4 rings (SSSR count). The number of hydrogen-bond donors (Lipinski definition) is 0. The summed E-state index contributed by atoms with van der Waals surface area (Å²) in [5.74, 6) is 0.766. The van der Waals surface area contributed by atoms with E-state index in [4.69, 9.17) is 4.74 Å². The number of aldehydes is 1. The minimum atomic E-state index is -0.102. The normalized spacial score (nSPS) is 36.3. The molecule has 0 radical (unpaired) electrons. The molecule has 4 heteroatoms. The smallest absolute Gasteiger partial charge is 0.309 e. The van der Waals surface area contributed by atoms with Crippen LogP contribution in [0.4, 0.5) is 0 Å². The van der Waals surface area contributed by atoms with E-state index in [2.05, 4.69) is 11.5 Å². The Bertz CT molecular complexity index is 633. The van der Waals surface area contributed by atoms with Gasteiger partial charge < -0.3 is 9.30 Å². The van der Waals surface area contributed by atoms with Gasteiger partial charge >= 0.3 is 5.97 Å². The maximum absolute atomic E-state index is 12.2. The van der Waals surface area contributed by atoms with E-state index in [0.717, 1.165) is 37.8 Å². The van der Waals surface area contributed by atoms with Crippen molar-refractivity contribution in [1.82, 2.24) is 4.57 Å². The van der Waals surface area contributed by atoms with Crippen LogP contribution in [-0.4, -0.2) is 22.9 Å². The summed E-state index contributed by atoms with van der Waals surface area (Å²) >= 11 is 0. The van der Waals surface area contributed by atoms with E-state index < -0.39 is 0 Å². The molecule has 118 valence electrons. The van der Waals surface area contributed by atoms with Gasteiger partial charge in [0.25, 0.3) is 0 Å². The van der Waals surface area contributed by atoms with E-state index >= 15 is 0 Å². The average Bonchev–Trinajstić information content (AvgIpc) is 2.91. The lowest BCUT2D eigenvalue weighted by atomic mass is 9.67. The van der Waals surface area contributed by atoms with Gasteiger partial charge in [-0.1, -0.05) is 20.3 Å². The van der Waals surface area contributed by atoms with Crippen LogP contribution in [0.3, 0.4) is 0 Å². The van der Waals surface area contributed by atoms with Crippen LogP contribution in [0.15, 0.2) is 6.07 Å². The van der Waals surface area contributed by atoms with Crippen LogP contribution >= 0.6 is 0 Å². The van der Waals surface area contributed by atoms with E-state index in [9.17, 15) is 9.59 Å². The SMILES string of the molecule is CC[C@H]1[C@@H]2OC(=O)[C@H](C)[C@@H]2c2cc(C=O)n3c2[C@@H]1CCCC3. The molecule has 0 spiro atoms. The fourth-order valence-electron chi connectivity index (χ4n) is 5.11. The zero-order valence-electron chi connectivity index (χ0n) is 13.2. The molecule has 3 aliphatic rings. The number of fused-ring (bicyclic) bond motifs is 2. The third kappa shape index (κ3) is 1.70. The zero-order chi connectivity index (χ0) is 15.4. The van der Waals surface area contributed by atoms with Crippen LogP contribution in [0.5, 0.6) is 0 Å². The van der Waals surface area contributed by atoms with Gasteiger partial charge in [-0.25, -0.2) is 0 Å². The average molecular weight is 301 g/mol. The second-order valence-electron chi connectivity index (χ2n) is 7.07. The number of nitrogens with zero attached hydrogens (tertiary/aromatic N) is 1. The second-order valence-corrected chi connectivity index (χ2v) is 7.07.